The average molecular weight is 489 g/mol. The number of Topliss-reactive ketones (excluding diaryl/α,β-unsaturated/α-hetero) is 1. The van der Waals surface area contributed by atoms with Crippen LogP contribution in [0.25, 0.3) is 0 Å². The third kappa shape index (κ3) is 8.23. The van der Waals surface area contributed by atoms with Crippen LogP contribution in [0.3, 0.4) is 0 Å². The number of hydrogen-bond acceptors (Lipinski definition) is 6. The van der Waals surface area contributed by atoms with Crippen molar-refractivity contribution in [2.75, 3.05) is 11.9 Å². The fraction of sp³-hybridized carbons (Fsp3) is 0.357. The molecule has 1 amide bonds. The van der Waals surface area contributed by atoms with Crippen molar-refractivity contribution in [1.29, 1.82) is 0 Å². The smallest absolute Gasteiger partial charge is 0.249 e. The van der Waals surface area contributed by atoms with E-state index >= 15 is 0 Å². The maximum atomic E-state index is 12.9. The molecule has 0 unspecified atom stereocenters. The summed E-state index contributed by atoms with van der Waals surface area (Å²) in [7, 11) is 0. The molecule has 182 valence electrons. The van der Waals surface area contributed by atoms with E-state index in [-0.39, 0.29) is 23.7 Å². The molecule has 2 atom stereocenters. The van der Waals surface area contributed by atoms with Crippen LogP contribution in [0.4, 0.5) is 5.13 Å². The van der Waals surface area contributed by atoms with E-state index in [0.717, 1.165) is 49.2 Å². The second-order valence-electron chi connectivity index (χ2n) is 8.97. The molecule has 0 aliphatic carbocycles. The largest absolute Gasteiger partial charge is 0.307 e. The molecular weight excluding hydrogens is 456 g/mol. The molecule has 1 aliphatic heterocycles. The lowest BCUT2D eigenvalue weighted by Gasteiger charge is -2.23. The number of allylic oxidation sites excluding steroid dienone is 1. The van der Waals surface area contributed by atoms with Gasteiger partial charge in [0.1, 0.15) is 10.8 Å². The van der Waals surface area contributed by atoms with E-state index in [1.54, 1.807) is 0 Å². The summed E-state index contributed by atoms with van der Waals surface area (Å²) in [5, 5.41) is 15.8. The maximum Gasteiger partial charge on any atom is 0.249 e. The Balaban J connectivity index is 1.34. The van der Waals surface area contributed by atoms with Crippen LogP contribution in [-0.4, -0.2) is 34.5 Å². The zero-order valence-electron chi connectivity index (χ0n) is 19.9. The van der Waals surface area contributed by atoms with E-state index in [1.807, 2.05) is 54.6 Å². The van der Waals surface area contributed by atoms with Gasteiger partial charge in [-0.2, -0.15) is 0 Å². The first-order chi connectivity index (χ1) is 17.2. The highest BCUT2D eigenvalue weighted by atomic mass is 32.1. The molecule has 3 aromatic rings. The molecule has 4 rings (SSSR count). The van der Waals surface area contributed by atoms with Crippen molar-refractivity contribution in [3.63, 3.8) is 0 Å². The standard InChI is InChI=1S/C28H32N4O2S/c33-25(24-13-7-8-18-29-24)19-23(15-14-21-9-3-1-4-10-21)16-17-26(34)30-28-32-31-27(35-28)20-22-11-5-2-6-12-22/h1-6,9-12,16-17,23-24,29H,7-8,13-15,18-20H2,(H,30,32,34)/b17-16+/t23-,24-/m0/s1. The van der Waals surface area contributed by atoms with E-state index in [4.69, 9.17) is 0 Å². The lowest BCUT2D eigenvalue weighted by molar-refractivity contribution is -0.122. The number of anilines is 1. The molecule has 0 spiro atoms. The van der Waals surface area contributed by atoms with Gasteiger partial charge < -0.3 is 5.32 Å². The number of carbonyl (C=O) groups is 2. The van der Waals surface area contributed by atoms with E-state index in [9.17, 15) is 9.59 Å². The Kier molecular flexibility index (Phi) is 9.32. The van der Waals surface area contributed by atoms with Gasteiger partial charge in [-0.3, -0.25) is 14.9 Å². The molecule has 1 aliphatic rings. The Hall–Kier alpha value is -3.16. The second-order valence-corrected chi connectivity index (χ2v) is 10.0. The number of nitrogens with one attached hydrogen (secondary N) is 2. The van der Waals surface area contributed by atoms with Crippen LogP contribution < -0.4 is 10.6 Å². The third-order valence-corrected chi connectivity index (χ3v) is 7.06. The number of benzene rings is 2. The first kappa shape index (κ1) is 24.9. The Morgan fingerprint density at radius 3 is 2.49 bits per heavy atom. The molecular formula is C28H32N4O2S. The number of aromatic nitrogens is 2. The Bertz CT molecular complexity index is 1110. The number of carbonyl (C=O) groups excluding carboxylic acids is 2. The predicted octanol–water partition coefficient (Wildman–Crippen LogP) is 4.97. The van der Waals surface area contributed by atoms with Crippen molar-refractivity contribution in [1.82, 2.24) is 15.5 Å². The van der Waals surface area contributed by atoms with Crippen molar-refractivity contribution in [3.05, 3.63) is 89.0 Å². The SMILES string of the molecule is O=C(/C=C/[C@H](CCc1ccccc1)CC(=O)[C@@H]1CCCCN1)Nc1nnc(Cc2ccccc2)s1. The van der Waals surface area contributed by atoms with Crippen molar-refractivity contribution in [3.8, 4) is 0 Å². The van der Waals surface area contributed by atoms with Crippen molar-refractivity contribution in [2.45, 2.75) is 51.0 Å². The summed E-state index contributed by atoms with van der Waals surface area (Å²) in [6.07, 6.45) is 9.33. The number of nitrogens with zero attached hydrogens (tertiary/aromatic N) is 2. The predicted molar refractivity (Wildman–Crippen MR) is 140 cm³/mol. The lowest BCUT2D eigenvalue weighted by atomic mass is 9.90. The monoisotopic (exact) mass is 488 g/mol. The minimum atomic E-state index is -0.250. The minimum Gasteiger partial charge on any atom is -0.307 e. The summed E-state index contributed by atoms with van der Waals surface area (Å²) in [5.74, 6) is -0.0110. The van der Waals surface area contributed by atoms with Crippen LogP contribution in [0.15, 0.2) is 72.8 Å². The van der Waals surface area contributed by atoms with Gasteiger partial charge in [0, 0.05) is 12.8 Å². The topological polar surface area (TPSA) is 84.0 Å². The number of amides is 1. The normalized spacial score (nSPS) is 16.7. The summed E-state index contributed by atoms with van der Waals surface area (Å²) >= 11 is 1.38. The van der Waals surface area contributed by atoms with Crippen molar-refractivity contribution >= 4 is 28.2 Å². The van der Waals surface area contributed by atoms with Crippen LogP contribution in [0.5, 0.6) is 0 Å². The van der Waals surface area contributed by atoms with Gasteiger partial charge in [-0.15, -0.1) is 10.2 Å². The molecule has 2 N–H and O–H groups in total. The molecule has 0 bridgehead atoms. The van der Waals surface area contributed by atoms with Crippen molar-refractivity contribution < 1.29 is 9.59 Å². The lowest BCUT2D eigenvalue weighted by Crippen LogP contribution is -2.41. The molecule has 6 nitrogen and oxygen atoms in total. The molecule has 0 saturated carbocycles. The maximum absolute atomic E-state index is 12.9. The van der Waals surface area contributed by atoms with E-state index < -0.39 is 0 Å². The van der Waals surface area contributed by atoms with Gasteiger partial charge in [-0.05, 0) is 55.3 Å². The number of piperidine rings is 1. The molecule has 2 aromatic carbocycles. The second kappa shape index (κ2) is 13.1. The summed E-state index contributed by atoms with van der Waals surface area (Å²) in [5.41, 5.74) is 2.39. The summed E-state index contributed by atoms with van der Waals surface area (Å²) in [4.78, 5) is 25.5. The number of rotatable bonds is 11. The summed E-state index contributed by atoms with van der Waals surface area (Å²) in [6, 6.07) is 20.2. The third-order valence-electron chi connectivity index (χ3n) is 6.22. The first-order valence-corrected chi connectivity index (χ1v) is 13.1. The number of ketones is 1. The molecule has 1 fully saturated rings. The van der Waals surface area contributed by atoms with Crippen LogP contribution in [-0.2, 0) is 22.4 Å². The first-order valence-electron chi connectivity index (χ1n) is 12.3. The Morgan fingerprint density at radius 2 is 1.77 bits per heavy atom. The van der Waals surface area contributed by atoms with E-state index in [0.29, 0.717) is 18.0 Å². The van der Waals surface area contributed by atoms with Gasteiger partial charge in [-0.1, -0.05) is 84.5 Å². The summed E-state index contributed by atoms with van der Waals surface area (Å²) < 4.78 is 0. The molecule has 35 heavy (non-hydrogen) atoms. The van der Waals surface area contributed by atoms with Crippen molar-refractivity contribution in [2.24, 2.45) is 5.92 Å². The highest BCUT2D eigenvalue weighted by molar-refractivity contribution is 7.15. The molecule has 0 radical (unpaired) electrons. The number of hydrogen-bond donors (Lipinski definition) is 2. The Labute approximate surface area is 210 Å². The molecule has 2 heterocycles. The van der Waals surface area contributed by atoms with E-state index in [2.05, 4.69) is 33.0 Å². The zero-order valence-corrected chi connectivity index (χ0v) is 20.7. The highest BCUT2D eigenvalue weighted by Crippen LogP contribution is 2.21. The molecule has 1 aromatic heterocycles. The molecule has 1 saturated heterocycles. The zero-order chi connectivity index (χ0) is 24.3. The average Bonchev–Trinajstić information content (AvgIpc) is 3.33. The van der Waals surface area contributed by atoms with Crippen LogP contribution >= 0.6 is 11.3 Å². The van der Waals surface area contributed by atoms with Gasteiger partial charge >= 0.3 is 0 Å². The summed E-state index contributed by atoms with van der Waals surface area (Å²) in [6.45, 7) is 0.900. The fourth-order valence-corrected chi connectivity index (χ4v) is 5.08. The van der Waals surface area contributed by atoms with Crippen LogP contribution in [0.1, 0.15) is 48.2 Å². The Morgan fingerprint density at radius 1 is 1.03 bits per heavy atom. The van der Waals surface area contributed by atoms with Gasteiger partial charge in [0.15, 0.2) is 0 Å². The van der Waals surface area contributed by atoms with Gasteiger partial charge in [0.25, 0.3) is 0 Å². The molecule has 7 heteroatoms. The van der Waals surface area contributed by atoms with Crippen LogP contribution in [0, 0.1) is 5.92 Å². The van der Waals surface area contributed by atoms with Gasteiger partial charge in [-0.25, -0.2) is 0 Å². The van der Waals surface area contributed by atoms with E-state index in [1.165, 1.54) is 23.0 Å². The quantitative estimate of drug-likeness (QED) is 0.372. The fourth-order valence-electron chi connectivity index (χ4n) is 4.31. The minimum absolute atomic E-state index is 0.000226. The highest BCUT2D eigenvalue weighted by Gasteiger charge is 2.23. The van der Waals surface area contributed by atoms with Gasteiger partial charge in [0.05, 0.1) is 6.04 Å². The number of aryl methyl sites for hydroxylation is 1. The van der Waals surface area contributed by atoms with Crippen LogP contribution in [0.2, 0.25) is 0 Å². The van der Waals surface area contributed by atoms with Gasteiger partial charge in [0.2, 0.25) is 11.0 Å².